The molecule has 0 heterocycles. The molecule has 0 fully saturated rings. The second-order valence-corrected chi connectivity index (χ2v) is 1.47. The molecule has 2 N–H and O–H groups in total. The standard InChI is InChI=1S/C6H6.BFH2O2.HI/c1-2-4-6-5-3-1;2-1(3)4;/h1-6H;3-4H;1H. The highest BCUT2D eigenvalue weighted by atomic mass is 127. The molecule has 0 saturated carbocycles. The molecular weight excluding hydrogens is 261 g/mol. The molecule has 11 heavy (non-hydrogen) atoms. The average Bonchev–Trinajstić information content (AvgIpc) is 1.90. The third kappa shape index (κ3) is 17.7. The molecule has 62 valence electrons. The van der Waals surface area contributed by atoms with Gasteiger partial charge in [-0.1, -0.05) is 36.4 Å². The lowest BCUT2D eigenvalue weighted by molar-refractivity contribution is 0.340. The first-order chi connectivity index (χ1) is 4.73. The van der Waals surface area contributed by atoms with Gasteiger partial charge < -0.3 is 10.0 Å². The first-order valence-corrected chi connectivity index (χ1v) is 2.73. The topological polar surface area (TPSA) is 40.5 Å². The van der Waals surface area contributed by atoms with Gasteiger partial charge in [0.1, 0.15) is 0 Å². The highest BCUT2D eigenvalue weighted by molar-refractivity contribution is 14.0. The summed E-state index contributed by atoms with van der Waals surface area (Å²) in [6, 6.07) is 12.0. The quantitative estimate of drug-likeness (QED) is 0.549. The van der Waals surface area contributed by atoms with Crippen molar-refractivity contribution in [1.82, 2.24) is 0 Å². The predicted molar refractivity (Wildman–Crippen MR) is 53.2 cm³/mol. The minimum atomic E-state index is -2.67. The number of rotatable bonds is 0. The Morgan fingerprint density at radius 2 is 0.909 bits per heavy atom. The minimum absolute atomic E-state index is 0. The molecule has 0 spiro atoms. The van der Waals surface area contributed by atoms with Gasteiger partial charge in [-0.05, 0) is 0 Å². The highest BCUT2D eigenvalue weighted by Crippen LogP contribution is 1.79. The first kappa shape index (κ1) is 13.5. The van der Waals surface area contributed by atoms with Crippen molar-refractivity contribution in [3.05, 3.63) is 36.4 Å². The number of hydrogen-bond donors (Lipinski definition) is 2. The third-order valence-electron chi connectivity index (χ3n) is 0.667. The third-order valence-corrected chi connectivity index (χ3v) is 0.667. The Morgan fingerprint density at radius 3 is 1.00 bits per heavy atom. The van der Waals surface area contributed by atoms with E-state index in [-0.39, 0.29) is 24.0 Å². The lowest BCUT2D eigenvalue weighted by atomic mass is 10.3. The van der Waals surface area contributed by atoms with Crippen molar-refractivity contribution in [3.63, 3.8) is 0 Å². The molecule has 0 amide bonds. The molecular formula is C6H9BFIO2. The Balaban J connectivity index is 0. The van der Waals surface area contributed by atoms with Crippen LogP contribution in [0.4, 0.5) is 4.32 Å². The van der Waals surface area contributed by atoms with Gasteiger partial charge in [-0.25, -0.2) is 0 Å². The van der Waals surface area contributed by atoms with Crippen molar-refractivity contribution in [2.75, 3.05) is 0 Å². The van der Waals surface area contributed by atoms with Crippen molar-refractivity contribution in [1.29, 1.82) is 0 Å². The van der Waals surface area contributed by atoms with Gasteiger partial charge in [0.2, 0.25) is 0 Å². The van der Waals surface area contributed by atoms with E-state index in [1.54, 1.807) is 0 Å². The van der Waals surface area contributed by atoms with E-state index in [1.165, 1.54) is 0 Å². The summed E-state index contributed by atoms with van der Waals surface area (Å²) in [5, 5.41) is 13.9. The van der Waals surface area contributed by atoms with Crippen molar-refractivity contribution in [3.8, 4) is 0 Å². The number of hydrogen-bond acceptors (Lipinski definition) is 2. The number of halogens is 2. The van der Waals surface area contributed by atoms with E-state index >= 15 is 0 Å². The molecule has 0 aliphatic heterocycles. The smallest absolute Gasteiger partial charge is 0.398 e. The molecule has 0 atom stereocenters. The normalized spacial score (nSPS) is 6.82. The maximum atomic E-state index is 10.1. The minimum Gasteiger partial charge on any atom is -0.398 e. The molecule has 0 bridgehead atoms. The molecule has 0 radical (unpaired) electrons. The fraction of sp³-hybridized carbons (Fsp3) is 0. The first-order valence-electron chi connectivity index (χ1n) is 2.73. The summed E-state index contributed by atoms with van der Waals surface area (Å²) in [7, 11) is -2.67. The van der Waals surface area contributed by atoms with Crippen LogP contribution in [0.15, 0.2) is 36.4 Å². The maximum Gasteiger partial charge on any atom is 0.674 e. The van der Waals surface area contributed by atoms with E-state index in [0.717, 1.165) is 0 Å². The molecule has 1 rings (SSSR count). The van der Waals surface area contributed by atoms with Crippen molar-refractivity contribution >= 4 is 31.4 Å². The van der Waals surface area contributed by atoms with Crippen LogP contribution < -0.4 is 0 Å². The van der Waals surface area contributed by atoms with E-state index in [2.05, 4.69) is 0 Å². The lowest BCUT2D eigenvalue weighted by Crippen LogP contribution is -1.98. The zero-order valence-electron chi connectivity index (χ0n) is 5.72. The zero-order valence-corrected chi connectivity index (χ0v) is 8.05. The zero-order chi connectivity index (χ0) is 7.82. The van der Waals surface area contributed by atoms with Crippen LogP contribution in [0.1, 0.15) is 0 Å². The van der Waals surface area contributed by atoms with E-state index in [0.29, 0.717) is 0 Å². The Hall–Kier alpha value is -0.135. The Labute approximate surface area is 82.3 Å². The monoisotopic (exact) mass is 270 g/mol. The summed E-state index contributed by atoms with van der Waals surface area (Å²) >= 11 is 0. The van der Waals surface area contributed by atoms with Crippen LogP contribution in [0.3, 0.4) is 0 Å². The molecule has 5 heteroatoms. The molecule has 0 aromatic heterocycles. The highest BCUT2D eigenvalue weighted by Gasteiger charge is 1.97. The summed E-state index contributed by atoms with van der Waals surface area (Å²) in [4.78, 5) is 0. The molecule has 1 aromatic carbocycles. The summed E-state index contributed by atoms with van der Waals surface area (Å²) in [6.45, 7) is 0. The van der Waals surface area contributed by atoms with Crippen LogP contribution in [0.5, 0.6) is 0 Å². The fourth-order valence-electron chi connectivity index (χ4n) is 0.385. The van der Waals surface area contributed by atoms with Crippen LogP contribution in [0.25, 0.3) is 0 Å². The predicted octanol–water partition coefficient (Wildman–Crippen LogP) is 1.23. The van der Waals surface area contributed by atoms with E-state index in [4.69, 9.17) is 10.0 Å². The fourth-order valence-corrected chi connectivity index (χ4v) is 0.385. The second kappa shape index (κ2) is 9.86. The van der Waals surface area contributed by atoms with E-state index in [9.17, 15) is 4.32 Å². The summed E-state index contributed by atoms with van der Waals surface area (Å²) < 4.78 is 10.1. The van der Waals surface area contributed by atoms with Gasteiger partial charge in [0.15, 0.2) is 0 Å². The van der Waals surface area contributed by atoms with Gasteiger partial charge in [-0.2, -0.15) is 0 Å². The van der Waals surface area contributed by atoms with Crippen LogP contribution in [-0.4, -0.2) is 17.4 Å². The van der Waals surface area contributed by atoms with Gasteiger partial charge in [0.05, 0.1) is 0 Å². The van der Waals surface area contributed by atoms with E-state index in [1.807, 2.05) is 36.4 Å². The Bertz CT molecular complexity index is 121. The number of benzene rings is 1. The molecule has 0 aliphatic carbocycles. The van der Waals surface area contributed by atoms with Crippen LogP contribution in [0, 0.1) is 0 Å². The molecule has 1 aromatic rings. The molecule has 0 aliphatic rings. The SMILES string of the molecule is I.OB(O)F.c1ccccc1. The van der Waals surface area contributed by atoms with Gasteiger partial charge in [-0.15, -0.1) is 24.0 Å². The van der Waals surface area contributed by atoms with Crippen molar-refractivity contribution < 1.29 is 14.4 Å². The summed E-state index contributed by atoms with van der Waals surface area (Å²) in [6.07, 6.45) is 0. The summed E-state index contributed by atoms with van der Waals surface area (Å²) in [5.74, 6) is 0. The molecule has 0 unspecified atom stereocenters. The van der Waals surface area contributed by atoms with Gasteiger partial charge >= 0.3 is 7.40 Å². The van der Waals surface area contributed by atoms with Gasteiger partial charge in [0.25, 0.3) is 0 Å². The van der Waals surface area contributed by atoms with Crippen molar-refractivity contribution in [2.24, 2.45) is 0 Å². The molecule has 2 nitrogen and oxygen atoms in total. The lowest BCUT2D eigenvalue weighted by Gasteiger charge is -1.69. The van der Waals surface area contributed by atoms with Gasteiger partial charge in [0, 0.05) is 0 Å². The Morgan fingerprint density at radius 1 is 0.818 bits per heavy atom. The largest absolute Gasteiger partial charge is 0.674 e. The maximum absolute atomic E-state index is 10.1. The van der Waals surface area contributed by atoms with Crippen molar-refractivity contribution in [2.45, 2.75) is 0 Å². The van der Waals surface area contributed by atoms with Crippen LogP contribution in [-0.2, 0) is 0 Å². The van der Waals surface area contributed by atoms with Crippen LogP contribution in [0.2, 0.25) is 0 Å². The average molecular weight is 270 g/mol. The van der Waals surface area contributed by atoms with Crippen LogP contribution >= 0.6 is 24.0 Å². The summed E-state index contributed by atoms with van der Waals surface area (Å²) in [5.41, 5.74) is 0. The van der Waals surface area contributed by atoms with Gasteiger partial charge in [-0.3, -0.25) is 4.32 Å². The second-order valence-electron chi connectivity index (χ2n) is 1.47. The van der Waals surface area contributed by atoms with E-state index < -0.39 is 7.40 Å². The Kier molecular flexibility index (Phi) is 12.1. The molecule has 0 saturated heterocycles.